The molecular formula is C7H12N4O2. The summed E-state index contributed by atoms with van der Waals surface area (Å²) in [7, 11) is 1.48. The number of aromatic nitrogens is 3. The van der Waals surface area contributed by atoms with Crippen LogP contribution in [0.5, 0.6) is 0 Å². The molecule has 2 N–H and O–H groups in total. The van der Waals surface area contributed by atoms with E-state index >= 15 is 0 Å². The van der Waals surface area contributed by atoms with Crippen LogP contribution >= 0.6 is 0 Å². The summed E-state index contributed by atoms with van der Waals surface area (Å²) in [5.41, 5.74) is -0.387. The fourth-order valence-electron chi connectivity index (χ4n) is 0.827. The molecule has 0 aliphatic rings. The summed E-state index contributed by atoms with van der Waals surface area (Å²) in [4.78, 5) is 24.4. The maximum atomic E-state index is 11.2. The van der Waals surface area contributed by atoms with E-state index in [4.69, 9.17) is 0 Å². The lowest BCUT2D eigenvalue weighted by molar-refractivity contribution is 0.0943. The number of hydrogen-bond donors (Lipinski definition) is 2. The summed E-state index contributed by atoms with van der Waals surface area (Å²) in [5.74, 6) is -0.291. The topological polar surface area (TPSA) is 79.8 Å². The standard InChI is InChI=1S/C7H12N4O2/c1-3-4-8-6(12)5-9-7(13)11(2)10-5/h3-4H2,1-2H3,(H,8,12)(H,9,10,13). The molecule has 6 heteroatoms. The minimum Gasteiger partial charge on any atom is -0.349 e. The van der Waals surface area contributed by atoms with Gasteiger partial charge in [0.05, 0.1) is 0 Å². The van der Waals surface area contributed by atoms with Crippen LogP contribution in [0.3, 0.4) is 0 Å². The van der Waals surface area contributed by atoms with Crippen molar-refractivity contribution in [3.8, 4) is 0 Å². The first-order valence-electron chi connectivity index (χ1n) is 4.06. The molecule has 0 saturated carbocycles. The van der Waals surface area contributed by atoms with E-state index in [1.54, 1.807) is 0 Å². The molecule has 0 bridgehead atoms. The van der Waals surface area contributed by atoms with E-state index < -0.39 is 0 Å². The monoisotopic (exact) mass is 184 g/mol. The van der Waals surface area contributed by atoms with Crippen molar-refractivity contribution in [2.75, 3.05) is 6.54 Å². The average molecular weight is 184 g/mol. The second-order valence-electron chi connectivity index (χ2n) is 2.66. The van der Waals surface area contributed by atoms with Gasteiger partial charge in [0.2, 0.25) is 5.82 Å². The highest BCUT2D eigenvalue weighted by Crippen LogP contribution is 1.83. The number of carbonyl (C=O) groups excluding carboxylic acids is 1. The Labute approximate surface area is 75.0 Å². The molecule has 0 fully saturated rings. The third kappa shape index (κ3) is 2.17. The Hall–Kier alpha value is -1.59. The molecule has 1 rings (SSSR count). The Morgan fingerprint density at radius 1 is 1.69 bits per heavy atom. The number of carbonyl (C=O) groups is 1. The third-order valence-corrected chi connectivity index (χ3v) is 1.52. The highest BCUT2D eigenvalue weighted by Gasteiger charge is 2.09. The molecule has 0 saturated heterocycles. The zero-order valence-electron chi connectivity index (χ0n) is 7.63. The van der Waals surface area contributed by atoms with Gasteiger partial charge in [-0.05, 0) is 6.42 Å². The zero-order chi connectivity index (χ0) is 9.84. The molecule has 1 heterocycles. The van der Waals surface area contributed by atoms with Gasteiger partial charge in [-0.2, -0.15) is 0 Å². The van der Waals surface area contributed by atoms with Gasteiger partial charge in [0.25, 0.3) is 5.91 Å². The summed E-state index contributed by atoms with van der Waals surface area (Å²) in [6, 6.07) is 0. The van der Waals surface area contributed by atoms with Crippen LogP contribution in [-0.2, 0) is 7.05 Å². The zero-order valence-corrected chi connectivity index (χ0v) is 7.63. The summed E-state index contributed by atoms with van der Waals surface area (Å²) < 4.78 is 1.08. The molecule has 0 spiro atoms. The molecule has 0 aliphatic heterocycles. The molecule has 0 aliphatic carbocycles. The summed E-state index contributed by atoms with van der Waals surface area (Å²) in [6.45, 7) is 2.53. The fraction of sp³-hybridized carbons (Fsp3) is 0.571. The highest BCUT2D eigenvalue weighted by molar-refractivity contribution is 5.90. The van der Waals surface area contributed by atoms with Crippen molar-refractivity contribution in [1.82, 2.24) is 20.1 Å². The molecule has 0 unspecified atom stereocenters. The Morgan fingerprint density at radius 3 is 2.85 bits per heavy atom. The van der Waals surface area contributed by atoms with Gasteiger partial charge in [-0.15, -0.1) is 5.10 Å². The molecule has 1 aromatic rings. The molecule has 0 atom stereocenters. The van der Waals surface area contributed by atoms with E-state index in [2.05, 4.69) is 15.4 Å². The van der Waals surface area contributed by atoms with Crippen LogP contribution in [-0.4, -0.2) is 27.2 Å². The normalized spacial score (nSPS) is 10.0. The number of rotatable bonds is 3. The Kier molecular flexibility index (Phi) is 2.84. The summed E-state index contributed by atoms with van der Waals surface area (Å²) >= 11 is 0. The largest absolute Gasteiger partial charge is 0.349 e. The van der Waals surface area contributed by atoms with Gasteiger partial charge in [-0.1, -0.05) is 6.92 Å². The number of amides is 1. The molecule has 72 valence electrons. The van der Waals surface area contributed by atoms with E-state index in [9.17, 15) is 9.59 Å². The minimum absolute atomic E-state index is 0.0564. The van der Waals surface area contributed by atoms with Gasteiger partial charge in [-0.3, -0.25) is 9.78 Å². The maximum Gasteiger partial charge on any atom is 0.343 e. The predicted octanol–water partition coefficient (Wildman–Crippen LogP) is -0.752. The first-order valence-corrected chi connectivity index (χ1v) is 4.06. The summed E-state index contributed by atoms with van der Waals surface area (Å²) in [6.07, 6.45) is 0.850. The summed E-state index contributed by atoms with van der Waals surface area (Å²) in [5, 5.41) is 6.30. The van der Waals surface area contributed by atoms with Crippen molar-refractivity contribution in [2.45, 2.75) is 13.3 Å². The van der Waals surface area contributed by atoms with E-state index in [0.29, 0.717) is 6.54 Å². The van der Waals surface area contributed by atoms with Crippen molar-refractivity contribution in [3.63, 3.8) is 0 Å². The van der Waals surface area contributed by atoms with E-state index in [-0.39, 0.29) is 17.4 Å². The Bertz CT molecular complexity index is 352. The van der Waals surface area contributed by atoms with E-state index in [1.165, 1.54) is 7.05 Å². The number of hydrogen-bond acceptors (Lipinski definition) is 3. The molecule has 0 aromatic carbocycles. The number of aromatic amines is 1. The predicted molar refractivity (Wildman–Crippen MR) is 46.5 cm³/mol. The quantitative estimate of drug-likeness (QED) is 0.648. The molecular weight excluding hydrogens is 172 g/mol. The van der Waals surface area contributed by atoms with Gasteiger partial charge in [-0.25, -0.2) is 9.48 Å². The molecule has 1 amide bonds. The van der Waals surface area contributed by atoms with Crippen molar-refractivity contribution in [3.05, 3.63) is 16.3 Å². The van der Waals surface area contributed by atoms with Crippen molar-refractivity contribution in [1.29, 1.82) is 0 Å². The first-order chi connectivity index (χ1) is 6.15. The van der Waals surface area contributed by atoms with Gasteiger partial charge in [0.15, 0.2) is 0 Å². The van der Waals surface area contributed by atoms with Crippen LogP contribution in [0.25, 0.3) is 0 Å². The second-order valence-corrected chi connectivity index (χ2v) is 2.66. The lowest BCUT2D eigenvalue weighted by atomic mass is 10.4. The number of nitrogens with one attached hydrogen (secondary N) is 2. The smallest absolute Gasteiger partial charge is 0.343 e. The van der Waals surface area contributed by atoms with Gasteiger partial charge in [0.1, 0.15) is 0 Å². The van der Waals surface area contributed by atoms with Gasteiger partial charge in [0, 0.05) is 13.6 Å². The van der Waals surface area contributed by atoms with Crippen LogP contribution in [0.1, 0.15) is 24.0 Å². The highest BCUT2D eigenvalue weighted by atomic mass is 16.2. The second kappa shape index (κ2) is 3.88. The molecule has 0 radical (unpaired) electrons. The van der Waals surface area contributed by atoms with E-state index in [0.717, 1.165) is 11.1 Å². The molecule has 1 aromatic heterocycles. The van der Waals surface area contributed by atoms with Crippen LogP contribution in [0.4, 0.5) is 0 Å². The van der Waals surface area contributed by atoms with Crippen LogP contribution in [0.15, 0.2) is 4.79 Å². The maximum absolute atomic E-state index is 11.2. The number of aryl methyl sites for hydroxylation is 1. The van der Waals surface area contributed by atoms with Gasteiger partial charge >= 0.3 is 5.69 Å². The van der Waals surface area contributed by atoms with Crippen LogP contribution < -0.4 is 11.0 Å². The first kappa shape index (κ1) is 9.50. The van der Waals surface area contributed by atoms with Crippen molar-refractivity contribution >= 4 is 5.91 Å². The van der Waals surface area contributed by atoms with Crippen molar-refractivity contribution in [2.24, 2.45) is 7.05 Å². The number of nitrogens with zero attached hydrogens (tertiary/aromatic N) is 2. The van der Waals surface area contributed by atoms with Crippen LogP contribution in [0.2, 0.25) is 0 Å². The third-order valence-electron chi connectivity index (χ3n) is 1.52. The van der Waals surface area contributed by atoms with Crippen molar-refractivity contribution < 1.29 is 4.79 Å². The SMILES string of the molecule is CCCNC(=O)c1nn(C)c(=O)[nH]1. The molecule has 13 heavy (non-hydrogen) atoms. The molecule has 6 nitrogen and oxygen atoms in total. The van der Waals surface area contributed by atoms with E-state index in [1.807, 2.05) is 6.92 Å². The fourth-order valence-corrected chi connectivity index (χ4v) is 0.827. The lowest BCUT2D eigenvalue weighted by Gasteiger charge is -1.97. The Morgan fingerprint density at radius 2 is 2.38 bits per heavy atom. The lowest BCUT2D eigenvalue weighted by Crippen LogP contribution is -2.25. The number of H-pyrrole nitrogens is 1. The Balaban J connectivity index is 2.72. The minimum atomic E-state index is -0.387. The average Bonchev–Trinajstić information content (AvgIpc) is 2.43. The van der Waals surface area contributed by atoms with Crippen LogP contribution in [0, 0.1) is 0 Å². The van der Waals surface area contributed by atoms with Gasteiger partial charge < -0.3 is 5.32 Å².